The van der Waals surface area contributed by atoms with Crippen molar-refractivity contribution in [3.63, 3.8) is 0 Å². The highest BCUT2D eigenvalue weighted by Crippen LogP contribution is 2.23. The highest BCUT2D eigenvalue weighted by molar-refractivity contribution is 5.47. The summed E-state index contributed by atoms with van der Waals surface area (Å²) >= 11 is 0. The molecule has 0 amide bonds. The maximum absolute atomic E-state index is 5.91. The van der Waals surface area contributed by atoms with Gasteiger partial charge in [0.15, 0.2) is 0 Å². The van der Waals surface area contributed by atoms with Crippen LogP contribution in [0.2, 0.25) is 0 Å². The van der Waals surface area contributed by atoms with Gasteiger partial charge in [-0.2, -0.15) is 0 Å². The lowest BCUT2D eigenvalue weighted by atomic mass is 10.0. The molecule has 4 nitrogen and oxygen atoms in total. The lowest BCUT2D eigenvalue weighted by Gasteiger charge is -2.33. The van der Waals surface area contributed by atoms with Gasteiger partial charge in [-0.05, 0) is 37.8 Å². The van der Waals surface area contributed by atoms with Crippen molar-refractivity contribution in [2.24, 2.45) is 5.73 Å². The molecule has 2 rings (SSSR count). The maximum atomic E-state index is 5.91. The fourth-order valence-corrected chi connectivity index (χ4v) is 2.50. The summed E-state index contributed by atoms with van der Waals surface area (Å²) in [4.78, 5) is 6.83. The number of anilines is 1. The van der Waals surface area contributed by atoms with Gasteiger partial charge in [-0.1, -0.05) is 6.07 Å². The molecule has 1 fully saturated rings. The Kier molecular flexibility index (Phi) is 4.55. The zero-order chi connectivity index (χ0) is 13.0. The lowest BCUT2D eigenvalue weighted by Crippen LogP contribution is -2.38. The van der Waals surface area contributed by atoms with Gasteiger partial charge in [0.2, 0.25) is 0 Å². The first kappa shape index (κ1) is 13.3. The molecule has 1 aliphatic heterocycles. The minimum atomic E-state index is 0.163. The maximum Gasteiger partial charge on any atom is 0.131 e. The van der Waals surface area contributed by atoms with Crippen molar-refractivity contribution in [2.75, 3.05) is 25.2 Å². The highest BCUT2D eigenvalue weighted by Gasteiger charge is 2.21. The number of aromatic nitrogens is 1. The van der Waals surface area contributed by atoms with E-state index in [9.17, 15) is 0 Å². The minimum absolute atomic E-state index is 0.163. The second-order valence-corrected chi connectivity index (χ2v) is 5.12. The summed E-state index contributed by atoms with van der Waals surface area (Å²) in [5, 5.41) is 0. The first-order valence-electron chi connectivity index (χ1n) is 6.68. The van der Waals surface area contributed by atoms with Crippen molar-refractivity contribution in [3.05, 3.63) is 23.9 Å². The second-order valence-electron chi connectivity index (χ2n) is 5.12. The summed E-state index contributed by atoms with van der Waals surface area (Å²) < 4.78 is 5.41. The molecule has 0 saturated carbocycles. The van der Waals surface area contributed by atoms with Gasteiger partial charge in [0.25, 0.3) is 0 Å². The van der Waals surface area contributed by atoms with Crippen LogP contribution >= 0.6 is 0 Å². The fraction of sp³-hybridized carbons (Fsp3) is 0.643. The van der Waals surface area contributed by atoms with Crippen LogP contribution in [-0.4, -0.2) is 37.3 Å². The Morgan fingerprint density at radius 1 is 1.50 bits per heavy atom. The van der Waals surface area contributed by atoms with Crippen LogP contribution in [0.15, 0.2) is 18.3 Å². The standard InChI is InChI=1S/C14H23N3O/c1-11(15)10-12-4-3-7-16-14(12)17(2)13-5-8-18-9-6-13/h3-4,7,11,13H,5-6,8-10,15H2,1-2H3. The first-order chi connectivity index (χ1) is 8.68. The van der Waals surface area contributed by atoms with Crippen LogP contribution in [0.1, 0.15) is 25.3 Å². The highest BCUT2D eigenvalue weighted by atomic mass is 16.5. The summed E-state index contributed by atoms with van der Waals surface area (Å²) in [7, 11) is 2.13. The van der Waals surface area contributed by atoms with E-state index in [2.05, 4.69) is 23.0 Å². The van der Waals surface area contributed by atoms with E-state index in [0.29, 0.717) is 6.04 Å². The molecule has 1 unspecified atom stereocenters. The third-order valence-corrected chi connectivity index (χ3v) is 3.48. The summed E-state index contributed by atoms with van der Waals surface area (Å²) in [6.45, 7) is 3.74. The Labute approximate surface area is 109 Å². The third kappa shape index (κ3) is 3.21. The summed E-state index contributed by atoms with van der Waals surface area (Å²) in [6, 6.07) is 4.80. The molecule has 0 aliphatic carbocycles. The van der Waals surface area contributed by atoms with Gasteiger partial charge in [-0.15, -0.1) is 0 Å². The van der Waals surface area contributed by atoms with E-state index >= 15 is 0 Å². The number of hydrogen-bond donors (Lipinski definition) is 1. The van der Waals surface area contributed by atoms with Crippen molar-refractivity contribution >= 4 is 5.82 Å². The summed E-state index contributed by atoms with van der Waals surface area (Å²) in [5.74, 6) is 1.07. The van der Waals surface area contributed by atoms with Crippen molar-refractivity contribution in [3.8, 4) is 0 Å². The van der Waals surface area contributed by atoms with Gasteiger partial charge < -0.3 is 15.4 Å². The van der Waals surface area contributed by atoms with Crippen LogP contribution in [-0.2, 0) is 11.2 Å². The van der Waals surface area contributed by atoms with Gasteiger partial charge in [0, 0.05) is 38.5 Å². The Balaban J connectivity index is 2.15. The Morgan fingerprint density at radius 3 is 2.89 bits per heavy atom. The van der Waals surface area contributed by atoms with Crippen LogP contribution in [0, 0.1) is 0 Å². The third-order valence-electron chi connectivity index (χ3n) is 3.48. The molecule has 0 bridgehead atoms. The number of rotatable bonds is 4. The Morgan fingerprint density at radius 2 is 2.22 bits per heavy atom. The molecule has 100 valence electrons. The fourth-order valence-electron chi connectivity index (χ4n) is 2.50. The SMILES string of the molecule is CC(N)Cc1cccnc1N(C)C1CCOCC1. The Hall–Kier alpha value is -1.13. The minimum Gasteiger partial charge on any atom is -0.381 e. The van der Waals surface area contributed by atoms with Gasteiger partial charge in [-0.25, -0.2) is 4.98 Å². The van der Waals surface area contributed by atoms with Crippen molar-refractivity contribution < 1.29 is 4.74 Å². The second kappa shape index (κ2) is 6.16. The van der Waals surface area contributed by atoms with Crippen LogP contribution in [0.3, 0.4) is 0 Å². The molecule has 1 saturated heterocycles. The van der Waals surface area contributed by atoms with E-state index in [-0.39, 0.29) is 6.04 Å². The molecule has 1 aromatic heterocycles. The predicted octanol–water partition coefficient (Wildman–Crippen LogP) is 1.59. The van der Waals surface area contributed by atoms with Crippen molar-refractivity contribution in [1.82, 2.24) is 4.98 Å². The van der Waals surface area contributed by atoms with E-state index in [1.807, 2.05) is 19.2 Å². The van der Waals surface area contributed by atoms with E-state index in [0.717, 1.165) is 38.3 Å². The molecule has 1 atom stereocenters. The molecular weight excluding hydrogens is 226 g/mol. The summed E-state index contributed by atoms with van der Waals surface area (Å²) in [6.07, 6.45) is 4.88. The van der Waals surface area contributed by atoms with Gasteiger partial charge in [-0.3, -0.25) is 0 Å². The first-order valence-corrected chi connectivity index (χ1v) is 6.68. The molecule has 0 spiro atoms. The van der Waals surface area contributed by atoms with Gasteiger partial charge in [0.05, 0.1) is 0 Å². The average Bonchev–Trinajstić information content (AvgIpc) is 2.39. The van der Waals surface area contributed by atoms with Crippen LogP contribution < -0.4 is 10.6 Å². The number of nitrogens with two attached hydrogens (primary N) is 1. The van der Waals surface area contributed by atoms with E-state index in [1.165, 1.54) is 5.56 Å². The van der Waals surface area contributed by atoms with Crippen molar-refractivity contribution in [1.29, 1.82) is 0 Å². The van der Waals surface area contributed by atoms with Gasteiger partial charge >= 0.3 is 0 Å². The van der Waals surface area contributed by atoms with Crippen LogP contribution in [0.4, 0.5) is 5.82 Å². The van der Waals surface area contributed by atoms with E-state index in [1.54, 1.807) is 0 Å². The molecule has 4 heteroatoms. The molecule has 2 heterocycles. The van der Waals surface area contributed by atoms with E-state index < -0.39 is 0 Å². The molecule has 18 heavy (non-hydrogen) atoms. The normalized spacial score (nSPS) is 18.6. The van der Waals surface area contributed by atoms with Crippen molar-refractivity contribution in [2.45, 2.75) is 38.3 Å². The monoisotopic (exact) mass is 249 g/mol. The zero-order valence-corrected chi connectivity index (χ0v) is 11.3. The molecule has 0 radical (unpaired) electrons. The largest absolute Gasteiger partial charge is 0.381 e. The van der Waals surface area contributed by atoms with Crippen LogP contribution in [0.5, 0.6) is 0 Å². The average molecular weight is 249 g/mol. The molecule has 2 N–H and O–H groups in total. The molecule has 1 aromatic rings. The number of hydrogen-bond acceptors (Lipinski definition) is 4. The topological polar surface area (TPSA) is 51.4 Å². The van der Waals surface area contributed by atoms with Gasteiger partial charge in [0.1, 0.15) is 5.82 Å². The predicted molar refractivity (Wildman–Crippen MR) is 73.8 cm³/mol. The number of ether oxygens (including phenoxy) is 1. The Bertz CT molecular complexity index is 375. The number of nitrogens with zero attached hydrogens (tertiary/aromatic N) is 2. The molecule has 0 aromatic carbocycles. The zero-order valence-electron chi connectivity index (χ0n) is 11.3. The number of pyridine rings is 1. The quantitative estimate of drug-likeness (QED) is 0.880. The van der Waals surface area contributed by atoms with Crippen LogP contribution in [0.25, 0.3) is 0 Å². The van der Waals surface area contributed by atoms with E-state index in [4.69, 9.17) is 10.5 Å². The smallest absolute Gasteiger partial charge is 0.131 e. The lowest BCUT2D eigenvalue weighted by molar-refractivity contribution is 0.0853. The summed E-state index contributed by atoms with van der Waals surface area (Å²) in [5.41, 5.74) is 7.14. The molecular formula is C14H23N3O. The molecule has 1 aliphatic rings.